The zero-order chi connectivity index (χ0) is 15.3. The average Bonchev–Trinajstić information content (AvgIpc) is 2.50. The van der Waals surface area contributed by atoms with Crippen molar-refractivity contribution < 1.29 is 14.6 Å². The molecule has 1 aromatic rings. The zero-order valence-electron chi connectivity index (χ0n) is 13.3. The SMILES string of the molecule is COc1ccc(CNCC2(C)CCCCC2O)c(OC)c1. The maximum Gasteiger partial charge on any atom is 0.127 e. The Balaban J connectivity index is 1.94. The van der Waals surface area contributed by atoms with E-state index in [-0.39, 0.29) is 11.5 Å². The predicted octanol–water partition coefficient (Wildman–Crippen LogP) is 2.73. The molecule has 0 bridgehead atoms. The van der Waals surface area contributed by atoms with Crippen LogP contribution in [-0.4, -0.2) is 32.0 Å². The van der Waals surface area contributed by atoms with Gasteiger partial charge in [0.25, 0.3) is 0 Å². The molecule has 2 unspecified atom stereocenters. The monoisotopic (exact) mass is 293 g/mol. The number of benzene rings is 1. The van der Waals surface area contributed by atoms with Crippen LogP contribution in [0.1, 0.15) is 38.2 Å². The first kappa shape index (κ1) is 16.1. The van der Waals surface area contributed by atoms with Gasteiger partial charge in [-0.05, 0) is 18.9 Å². The number of hydrogen-bond acceptors (Lipinski definition) is 4. The van der Waals surface area contributed by atoms with Crippen molar-refractivity contribution in [3.8, 4) is 11.5 Å². The molecule has 2 atom stereocenters. The van der Waals surface area contributed by atoms with Crippen LogP contribution in [0.3, 0.4) is 0 Å². The number of rotatable bonds is 6. The van der Waals surface area contributed by atoms with Crippen molar-refractivity contribution in [1.82, 2.24) is 5.32 Å². The van der Waals surface area contributed by atoms with Crippen molar-refractivity contribution in [2.24, 2.45) is 5.41 Å². The molecule has 1 aliphatic carbocycles. The van der Waals surface area contributed by atoms with Gasteiger partial charge in [-0.3, -0.25) is 0 Å². The Hall–Kier alpha value is -1.26. The van der Waals surface area contributed by atoms with Gasteiger partial charge in [-0.2, -0.15) is 0 Å². The van der Waals surface area contributed by atoms with Gasteiger partial charge in [-0.1, -0.05) is 25.8 Å². The number of aliphatic hydroxyl groups excluding tert-OH is 1. The molecule has 4 heteroatoms. The van der Waals surface area contributed by atoms with Gasteiger partial charge < -0.3 is 19.9 Å². The maximum absolute atomic E-state index is 10.2. The first-order valence-electron chi connectivity index (χ1n) is 7.69. The largest absolute Gasteiger partial charge is 0.497 e. The standard InChI is InChI=1S/C17H27NO3/c1-17(9-5-4-6-16(17)19)12-18-11-13-7-8-14(20-2)10-15(13)21-3/h7-8,10,16,18-19H,4-6,9,11-12H2,1-3H3. The van der Waals surface area contributed by atoms with Gasteiger partial charge in [0.1, 0.15) is 11.5 Å². The van der Waals surface area contributed by atoms with Crippen LogP contribution >= 0.6 is 0 Å². The Labute approximate surface area is 127 Å². The summed E-state index contributed by atoms with van der Waals surface area (Å²) in [6.07, 6.45) is 4.16. The molecule has 21 heavy (non-hydrogen) atoms. The number of aliphatic hydroxyl groups is 1. The van der Waals surface area contributed by atoms with E-state index in [1.807, 2.05) is 18.2 Å². The van der Waals surface area contributed by atoms with Crippen molar-refractivity contribution in [2.75, 3.05) is 20.8 Å². The molecule has 0 amide bonds. The van der Waals surface area contributed by atoms with Gasteiger partial charge in [0.15, 0.2) is 0 Å². The molecule has 4 nitrogen and oxygen atoms in total. The average molecular weight is 293 g/mol. The van der Waals surface area contributed by atoms with Gasteiger partial charge in [-0.15, -0.1) is 0 Å². The highest BCUT2D eigenvalue weighted by Gasteiger charge is 2.34. The Morgan fingerprint density at radius 3 is 2.76 bits per heavy atom. The van der Waals surface area contributed by atoms with E-state index in [0.717, 1.165) is 49.4 Å². The van der Waals surface area contributed by atoms with Crippen molar-refractivity contribution >= 4 is 0 Å². The van der Waals surface area contributed by atoms with Crippen molar-refractivity contribution in [2.45, 2.75) is 45.3 Å². The van der Waals surface area contributed by atoms with Crippen LogP contribution in [0.4, 0.5) is 0 Å². The van der Waals surface area contributed by atoms with E-state index in [4.69, 9.17) is 9.47 Å². The molecular weight excluding hydrogens is 266 g/mol. The Bertz CT molecular complexity index is 463. The number of nitrogens with one attached hydrogen (secondary N) is 1. The summed E-state index contributed by atoms with van der Waals surface area (Å²) in [5.74, 6) is 1.63. The van der Waals surface area contributed by atoms with Crippen LogP contribution in [0.2, 0.25) is 0 Å². The topological polar surface area (TPSA) is 50.7 Å². The third-order valence-electron chi connectivity index (χ3n) is 4.62. The summed E-state index contributed by atoms with van der Waals surface area (Å²) in [5, 5.41) is 13.7. The first-order chi connectivity index (χ1) is 10.1. The highest BCUT2D eigenvalue weighted by atomic mass is 16.5. The minimum atomic E-state index is -0.198. The lowest BCUT2D eigenvalue weighted by Gasteiger charge is -2.38. The zero-order valence-corrected chi connectivity index (χ0v) is 13.3. The van der Waals surface area contributed by atoms with E-state index in [9.17, 15) is 5.11 Å². The highest BCUT2D eigenvalue weighted by molar-refractivity contribution is 5.40. The molecule has 0 saturated heterocycles. The van der Waals surface area contributed by atoms with Crippen LogP contribution in [0.25, 0.3) is 0 Å². The summed E-state index contributed by atoms with van der Waals surface area (Å²) >= 11 is 0. The van der Waals surface area contributed by atoms with Gasteiger partial charge in [0.2, 0.25) is 0 Å². The van der Waals surface area contributed by atoms with Crippen molar-refractivity contribution in [3.05, 3.63) is 23.8 Å². The Kier molecular flexibility index (Phi) is 5.48. The highest BCUT2D eigenvalue weighted by Crippen LogP contribution is 2.35. The second-order valence-electron chi connectivity index (χ2n) is 6.20. The molecule has 2 N–H and O–H groups in total. The molecular formula is C17H27NO3. The van der Waals surface area contributed by atoms with E-state index in [2.05, 4.69) is 12.2 Å². The second-order valence-corrected chi connectivity index (χ2v) is 6.20. The van der Waals surface area contributed by atoms with E-state index in [0.29, 0.717) is 0 Å². The van der Waals surface area contributed by atoms with Crippen LogP contribution in [-0.2, 0) is 6.54 Å². The van der Waals surface area contributed by atoms with Gasteiger partial charge in [0, 0.05) is 30.1 Å². The predicted molar refractivity (Wildman–Crippen MR) is 83.8 cm³/mol. The lowest BCUT2D eigenvalue weighted by molar-refractivity contribution is 0.00113. The molecule has 1 saturated carbocycles. The summed E-state index contributed by atoms with van der Waals surface area (Å²) in [7, 11) is 3.32. The van der Waals surface area contributed by atoms with E-state index >= 15 is 0 Å². The normalized spacial score (nSPS) is 25.6. The molecule has 0 aromatic heterocycles. The molecule has 0 radical (unpaired) electrons. The molecule has 0 spiro atoms. The van der Waals surface area contributed by atoms with Crippen LogP contribution in [0.15, 0.2) is 18.2 Å². The fourth-order valence-electron chi connectivity index (χ4n) is 3.07. The van der Waals surface area contributed by atoms with E-state index in [1.54, 1.807) is 14.2 Å². The minimum absolute atomic E-state index is 0.0159. The lowest BCUT2D eigenvalue weighted by atomic mass is 9.73. The molecule has 0 aliphatic heterocycles. The van der Waals surface area contributed by atoms with Gasteiger partial charge in [0.05, 0.1) is 20.3 Å². The summed E-state index contributed by atoms with van der Waals surface area (Å²) in [6.45, 7) is 3.73. The smallest absolute Gasteiger partial charge is 0.127 e. The van der Waals surface area contributed by atoms with Crippen molar-refractivity contribution in [3.63, 3.8) is 0 Å². The van der Waals surface area contributed by atoms with Crippen LogP contribution in [0, 0.1) is 5.41 Å². The fraction of sp³-hybridized carbons (Fsp3) is 0.647. The Morgan fingerprint density at radius 2 is 2.10 bits per heavy atom. The fourth-order valence-corrected chi connectivity index (χ4v) is 3.07. The molecule has 1 aliphatic rings. The molecule has 1 fully saturated rings. The van der Waals surface area contributed by atoms with Crippen molar-refractivity contribution in [1.29, 1.82) is 0 Å². The third kappa shape index (κ3) is 3.89. The number of methoxy groups -OCH3 is 2. The first-order valence-corrected chi connectivity index (χ1v) is 7.69. The van der Waals surface area contributed by atoms with E-state index < -0.39 is 0 Å². The maximum atomic E-state index is 10.2. The quantitative estimate of drug-likeness (QED) is 0.847. The van der Waals surface area contributed by atoms with Crippen LogP contribution in [0.5, 0.6) is 11.5 Å². The molecule has 2 rings (SSSR count). The second kappa shape index (κ2) is 7.14. The Morgan fingerprint density at radius 1 is 1.29 bits per heavy atom. The summed E-state index contributed by atoms with van der Waals surface area (Å²) in [6, 6.07) is 5.86. The molecule has 0 heterocycles. The van der Waals surface area contributed by atoms with E-state index in [1.165, 1.54) is 6.42 Å². The summed E-state index contributed by atoms with van der Waals surface area (Å²) in [5.41, 5.74) is 1.09. The minimum Gasteiger partial charge on any atom is -0.497 e. The number of ether oxygens (including phenoxy) is 2. The summed E-state index contributed by atoms with van der Waals surface area (Å²) in [4.78, 5) is 0. The third-order valence-corrected chi connectivity index (χ3v) is 4.62. The molecule has 1 aromatic carbocycles. The summed E-state index contributed by atoms with van der Waals surface area (Å²) < 4.78 is 10.6. The van der Waals surface area contributed by atoms with Gasteiger partial charge >= 0.3 is 0 Å². The number of hydrogen-bond donors (Lipinski definition) is 2. The van der Waals surface area contributed by atoms with Gasteiger partial charge in [-0.25, -0.2) is 0 Å². The lowest BCUT2D eigenvalue weighted by Crippen LogP contribution is -2.43. The van der Waals surface area contributed by atoms with Crippen LogP contribution < -0.4 is 14.8 Å². The molecule has 118 valence electrons.